The van der Waals surface area contributed by atoms with Gasteiger partial charge in [0.25, 0.3) is 10.0 Å². The fourth-order valence-corrected chi connectivity index (χ4v) is 3.68. The zero-order valence-corrected chi connectivity index (χ0v) is 14.3. The monoisotopic (exact) mass is 340 g/mol. The summed E-state index contributed by atoms with van der Waals surface area (Å²) >= 11 is 0. The Labute approximate surface area is 137 Å². The first-order chi connectivity index (χ1) is 10.9. The van der Waals surface area contributed by atoms with Crippen molar-refractivity contribution >= 4 is 21.7 Å². The van der Waals surface area contributed by atoms with Gasteiger partial charge in [-0.15, -0.1) is 0 Å². The van der Waals surface area contributed by atoms with Crippen molar-refractivity contribution in [2.24, 2.45) is 0 Å². The molecule has 8 heteroatoms. The molecule has 1 heterocycles. The third-order valence-electron chi connectivity index (χ3n) is 3.69. The minimum Gasteiger partial charge on any atom is -0.381 e. The lowest BCUT2D eigenvalue weighted by Crippen LogP contribution is -2.42. The van der Waals surface area contributed by atoms with Gasteiger partial charge >= 0.3 is 6.03 Å². The Bertz CT molecular complexity index is 640. The minimum atomic E-state index is -3.97. The van der Waals surface area contributed by atoms with E-state index < -0.39 is 16.1 Å². The first-order valence-electron chi connectivity index (χ1n) is 7.92. The second-order valence-electron chi connectivity index (χ2n) is 6.08. The number of rotatable bonds is 5. The molecule has 1 saturated carbocycles. The van der Waals surface area contributed by atoms with Crippen LogP contribution in [0, 0.1) is 0 Å². The summed E-state index contributed by atoms with van der Waals surface area (Å²) in [6.07, 6.45) is 8.33. The van der Waals surface area contributed by atoms with E-state index in [9.17, 15) is 13.2 Å². The average Bonchev–Trinajstić information content (AvgIpc) is 2.47. The number of nitrogens with zero attached hydrogens (tertiary/aromatic N) is 1. The van der Waals surface area contributed by atoms with Gasteiger partial charge in [0.1, 0.15) is 4.90 Å². The van der Waals surface area contributed by atoms with Crippen LogP contribution in [-0.4, -0.2) is 31.5 Å². The zero-order chi connectivity index (χ0) is 16.9. The molecule has 0 aromatic carbocycles. The zero-order valence-electron chi connectivity index (χ0n) is 13.5. The summed E-state index contributed by atoms with van der Waals surface area (Å²) in [7, 11) is -3.97. The van der Waals surface area contributed by atoms with Crippen LogP contribution in [0.4, 0.5) is 10.5 Å². The quantitative estimate of drug-likeness (QED) is 0.763. The van der Waals surface area contributed by atoms with E-state index >= 15 is 0 Å². The number of hydrogen-bond acceptors (Lipinski definition) is 5. The van der Waals surface area contributed by atoms with Crippen molar-refractivity contribution in [3.05, 3.63) is 18.5 Å². The van der Waals surface area contributed by atoms with Crippen molar-refractivity contribution in [2.75, 3.05) is 5.32 Å². The van der Waals surface area contributed by atoms with Crippen molar-refractivity contribution in [2.45, 2.75) is 62.9 Å². The lowest BCUT2D eigenvalue weighted by atomic mass is 9.95. The number of carbonyl (C=O) groups is 1. The van der Waals surface area contributed by atoms with Crippen LogP contribution in [0.2, 0.25) is 0 Å². The predicted octanol–water partition coefficient (Wildman–Crippen LogP) is 2.22. The predicted molar refractivity (Wildman–Crippen MR) is 88.7 cm³/mol. The van der Waals surface area contributed by atoms with Gasteiger partial charge in [-0.05, 0) is 32.8 Å². The first kappa shape index (κ1) is 17.5. The Morgan fingerprint density at radius 2 is 1.96 bits per heavy atom. The highest BCUT2D eigenvalue weighted by Crippen LogP contribution is 2.25. The second kappa shape index (κ2) is 7.63. The summed E-state index contributed by atoms with van der Waals surface area (Å²) in [5.74, 6) is 0. The third-order valence-corrected chi connectivity index (χ3v) is 5.04. The van der Waals surface area contributed by atoms with Crippen LogP contribution in [-0.2, 0) is 10.0 Å². The average molecular weight is 340 g/mol. The topological polar surface area (TPSA) is 100 Å². The largest absolute Gasteiger partial charge is 0.381 e. The number of amides is 2. The lowest BCUT2D eigenvalue weighted by Gasteiger charge is -2.25. The fourth-order valence-electron chi connectivity index (χ4n) is 2.65. The summed E-state index contributed by atoms with van der Waals surface area (Å²) in [5, 5.41) is 5.78. The molecule has 0 saturated heterocycles. The Balaban J connectivity index is 2.16. The van der Waals surface area contributed by atoms with Crippen LogP contribution in [0.3, 0.4) is 0 Å². The Kier molecular flexibility index (Phi) is 5.81. The summed E-state index contributed by atoms with van der Waals surface area (Å²) < 4.78 is 26.9. The van der Waals surface area contributed by atoms with E-state index in [1.54, 1.807) is 26.1 Å². The van der Waals surface area contributed by atoms with Gasteiger partial charge in [-0.1, -0.05) is 19.3 Å². The number of nitrogens with one attached hydrogen (secondary N) is 3. The van der Waals surface area contributed by atoms with Crippen molar-refractivity contribution in [3.63, 3.8) is 0 Å². The van der Waals surface area contributed by atoms with Gasteiger partial charge in [0.2, 0.25) is 0 Å². The minimum absolute atomic E-state index is 0.00974. The normalized spacial score (nSPS) is 16.1. The summed E-state index contributed by atoms with van der Waals surface area (Å²) in [6.45, 7) is 3.51. The molecule has 0 radical (unpaired) electrons. The number of carbonyl (C=O) groups excluding carboxylic acids is 1. The van der Waals surface area contributed by atoms with Gasteiger partial charge in [0.15, 0.2) is 0 Å². The molecule has 0 aliphatic heterocycles. The van der Waals surface area contributed by atoms with Crippen LogP contribution < -0.4 is 15.4 Å². The van der Waals surface area contributed by atoms with Gasteiger partial charge in [-0.2, -0.15) is 0 Å². The van der Waals surface area contributed by atoms with Crippen molar-refractivity contribution < 1.29 is 13.2 Å². The number of anilines is 1. The second-order valence-corrected chi connectivity index (χ2v) is 7.74. The highest BCUT2D eigenvalue weighted by atomic mass is 32.2. The van der Waals surface area contributed by atoms with E-state index in [2.05, 4.69) is 15.6 Å². The van der Waals surface area contributed by atoms with Crippen LogP contribution in [0.15, 0.2) is 23.4 Å². The van der Waals surface area contributed by atoms with Gasteiger partial charge in [-0.25, -0.2) is 17.9 Å². The summed E-state index contributed by atoms with van der Waals surface area (Å²) in [5.41, 5.74) is 0.483. The number of pyridine rings is 1. The van der Waals surface area contributed by atoms with Crippen LogP contribution in [0.5, 0.6) is 0 Å². The van der Waals surface area contributed by atoms with Crippen molar-refractivity contribution in [1.82, 2.24) is 15.0 Å². The molecule has 2 rings (SSSR count). The molecular weight excluding hydrogens is 316 g/mol. The van der Waals surface area contributed by atoms with Crippen molar-refractivity contribution in [3.8, 4) is 0 Å². The van der Waals surface area contributed by atoms with E-state index in [-0.39, 0.29) is 17.0 Å². The molecule has 23 heavy (non-hydrogen) atoms. The third kappa shape index (κ3) is 5.09. The molecule has 7 nitrogen and oxygen atoms in total. The van der Waals surface area contributed by atoms with E-state index in [1.165, 1.54) is 12.6 Å². The lowest BCUT2D eigenvalue weighted by molar-refractivity contribution is 0.243. The highest BCUT2D eigenvalue weighted by Gasteiger charge is 2.23. The summed E-state index contributed by atoms with van der Waals surface area (Å²) in [6, 6.07) is 0.986. The molecule has 0 atom stereocenters. The molecule has 0 unspecified atom stereocenters. The Morgan fingerprint density at radius 1 is 1.26 bits per heavy atom. The molecule has 2 amide bonds. The van der Waals surface area contributed by atoms with Crippen LogP contribution >= 0.6 is 0 Å². The molecule has 1 aliphatic carbocycles. The Morgan fingerprint density at radius 3 is 2.61 bits per heavy atom. The molecule has 1 aromatic rings. The van der Waals surface area contributed by atoms with Gasteiger partial charge in [-0.3, -0.25) is 4.98 Å². The maximum Gasteiger partial charge on any atom is 0.328 e. The number of aromatic nitrogens is 1. The molecule has 1 aromatic heterocycles. The molecule has 0 bridgehead atoms. The fraction of sp³-hybridized carbons (Fsp3) is 0.600. The smallest absolute Gasteiger partial charge is 0.328 e. The standard InChI is InChI=1S/C15H24N4O3S/c1-11(2)17-15(20)19-23(21,22)14-10-16-9-8-13(14)18-12-6-4-3-5-7-12/h8-12H,3-7H2,1-2H3,(H,16,18)(H2,17,19,20). The number of sulfonamides is 1. The van der Waals surface area contributed by atoms with E-state index in [0.717, 1.165) is 25.7 Å². The summed E-state index contributed by atoms with van der Waals surface area (Å²) in [4.78, 5) is 15.6. The van der Waals surface area contributed by atoms with Crippen LogP contribution in [0.1, 0.15) is 46.0 Å². The SMILES string of the molecule is CC(C)NC(=O)NS(=O)(=O)c1cnccc1NC1CCCCC1. The molecule has 128 valence electrons. The molecule has 1 fully saturated rings. The maximum atomic E-state index is 12.4. The van der Waals surface area contributed by atoms with E-state index in [4.69, 9.17) is 0 Å². The van der Waals surface area contributed by atoms with Crippen LogP contribution in [0.25, 0.3) is 0 Å². The molecule has 1 aliphatic rings. The van der Waals surface area contributed by atoms with Gasteiger partial charge in [0.05, 0.1) is 5.69 Å². The number of urea groups is 1. The highest BCUT2D eigenvalue weighted by molar-refractivity contribution is 7.90. The van der Waals surface area contributed by atoms with Gasteiger partial charge < -0.3 is 10.6 Å². The van der Waals surface area contributed by atoms with Crippen molar-refractivity contribution in [1.29, 1.82) is 0 Å². The van der Waals surface area contributed by atoms with Gasteiger partial charge in [0, 0.05) is 24.5 Å². The molecule has 3 N–H and O–H groups in total. The van der Waals surface area contributed by atoms with E-state index in [1.807, 2.05) is 4.72 Å². The first-order valence-corrected chi connectivity index (χ1v) is 9.40. The maximum absolute atomic E-state index is 12.4. The Hall–Kier alpha value is -1.83. The molecule has 0 spiro atoms. The number of hydrogen-bond donors (Lipinski definition) is 3. The molecular formula is C15H24N4O3S. The van der Waals surface area contributed by atoms with E-state index in [0.29, 0.717) is 5.69 Å².